The summed E-state index contributed by atoms with van der Waals surface area (Å²) in [5.74, 6) is -0.994. The van der Waals surface area contributed by atoms with E-state index in [2.05, 4.69) is 10.6 Å². The summed E-state index contributed by atoms with van der Waals surface area (Å²) in [6, 6.07) is 14.3. The normalized spacial score (nSPS) is 18.0. The van der Waals surface area contributed by atoms with E-state index in [1.165, 1.54) is 0 Å². The highest BCUT2D eigenvalue weighted by Crippen LogP contribution is 2.36. The predicted octanol–water partition coefficient (Wildman–Crippen LogP) is 1.48. The summed E-state index contributed by atoms with van der Waals surface area (Å²) in [7, 11) is 3.83. The number of benzene rings is 2. The van der Waals surface area contributed by atoms with E-state index in [1.807, 2.05) is 37.2 Å². The van der Waals surface area contributed by atoms with Crippen LogP contribution < -0.4 is 20.3 Å². The fourth-order valence-electron chi connectivity index (χ4n) is 2.96. The first-order valence-corrected chi connectivity index (χ1v) is 8.70. The van der Waals surface area contributed by atoms with Gasteiger partial charge in [-0.15, -0.1) is 0 Å². The van der Waals surface area contributed by atoms with E-state index in [-0.39, 0.29) is 6.54 Å². The average molecular weight is 369 g/mol. The summed E-state index contributed by atoms with van der Waals surface area (Å²) in [5.41, 5.74) is 0.850. The zero-order valence-corrected chi connectivity index (χ0v) is 15.4. The van der Waals surface area contributed by atoms with Gasteiger partial charge in [0.2, 0.25) is 0 Å². The van der Waals surface area contributed by atoms with Crippen LogP contribution in [-0.4, -0.2) is 44.2 Å². The van der Waals surface area contributed by atoms with Crippen LogP contribution in [0.25, 0.3) is 0 Å². The molecule has 2 aromatic carbocycles. The zero-order chi connectivity index (χ0) is 19.4. The fourth-order valence-corrected chi connectivity index (χ4v) is 2.96. The number of fused-ring (bicyclic) bond motifs is 1. The Hall–Kier alpha value is -3.06. The van der Waals surface area contributed by atoms with E-state index in [4.69, 9.17) is 4.74 Å². The number of para-hydroxylation sites is 1. The van der Waals surface area contributed by atoms with Crippen LogP contribution in [0.1, 0.15) is 12.0 Å². The molecule has 0 aromatic heterocycles. The fraction of sp³-hybridized carbons (Fsp3) is 0.300. The van der Waals surface area contributed by atoms with Gasteiger partial charge in [0, 0.05) is 37.5 Å². The number of nitrogens with one attached hydrogen (secondary N) is 2. The molecule has 0 spiro atoms. The summed E-state index contributed by atoms with van der Waals surface area (Å²) in [6.07, 6.45) is 0.331. The highest BCUT2D eigenvalue weighted by Gasteiger charge is 2.36. The third-order valence-electron chi connectivity index (χ3n) is 4.55. The number of amides is 2. The Morgan fingerprint density at radius 3 is 2.52 bits per heavy atom. The number of carbonyl (C=O) groups excluding carboxylic acids is 2. The number of rotatable bonds is 4. The summed E-state index contributed by atoms with van der Waals surface area (Å²) >= 11 is 0. The number of aliphatic hydroxyl groups is 1. The lowest BCUT2D eigenvalue weighted by molar-refractivity contribution is -0.137. The molecule has 0 radical (unpaired) electrons. The molecule has 1 aliphatic heterocycles. The van der Waals surface area contributed by atoms with Crippen molar-refractivity contribution in [3.63, 3.8) is 0 Å². The van der Waals surface area contributed by atoms with Crippen LogP contribution in [0.2, 0.25) is 0 Å². The van der Waals surface area contributed by atoms with Gasteiger partial charge >= 0.3 is 11.8 Å². The van der Waals surface area contributed by atoms with E-state index in [9.17, 15) is 14.7 Å². The minimum atomic E-state index is -1.27. The molecule has 2 amide bonds. The van der Waals surface area contributed by atoms with Gasteiger partial charge in [-0.2, -0.15) is 0 Å². The highest BCUT2D eigenvalue weighted by molar-refractivity contribution is 6.39. The maximum atomic E-state index is 12.1. The smallest absolute Gasteiger partial charge is 0.313 e. The van der Waals surface area contributed by atoms with Crippen LogP contribution in [-0.2, 0) is 15.2 Å². The second-order valence-electron chi connectivity index (χ2n) is 6.70. The van der Waals surface area contributed by atoms with Gasteiger partial charge in [0.05, 0.1) is 13.2 Å². The Bertz CT molecular complexity index is 835. The van der Waals surface area contributed by atoms with Crippen molar-refractivity contribution in [2.75, 3.05) is 37.5 Å². The number of nitrogens with zero attached hydrogens (tertiary/aromatic N) is 1. The van der Waals surface area contributed by atoms with Crippen molar-refractivity contribution in [1.82, 2.24) is 5.32 Å². The Balaban J connectivity index is 1.60. The molecule has 0 bridgehead atoms. The molecule has 0 aliphatic carbocycles. The minimum Gasteiger partial charge on any atom is -0.493 e. The van der Waals surface area contributed by atoms with Crippen molar-refractivity contribution in [1.29, 1.82) is 0 Å². The molecule has 7 nitrogen and oxygen atoms in total. The first kappa shape index (κ1) is 18.7. The lowest BCUT2D eigenvalue weighted by atomic mass is 9.88. The summed E-state index contributed by atoms with van der Waals surface area (Å²) in [6.45, 7) is 0.271. The van der Waals surface area contributed by atoms with E-state index < -0.39 is 17.4 Å². The lowest BCUT2D eigenvalue weighted by Gasteiger charge is -2.34. The van der Waals surface area contributed by atoms with Crippen LogP contribution in [0.3, 0.4) is 0 Å². The largest absolute Gasteiger partial charge is 0.493 e. The van der Waals surface area contributed by atoms with Gasteiger partial charge in [0.15, 0.2) is 0 Å². The van der Waals surface area contributed by atoms with Gasteiger partial charge in [0.25, 0.3) is 0 Å². The van der Waals surface area contributed by atoms with E-state index >= 15 is 0 Å². The molecule has 0 saturated carbocycles. The van der Waals surface area contributed by atoms with Crippen LogP contribution >= 0.6 is 0 Å². The minimum absolute atomic E-state index is 0.0702. The quantitative estimate of drug-likeness (QED) is 0.710. The molecule has 142 valence electrons. The third-order valence-corrected chi connectivity index (χ3v) is 4.55. The van der Waals surface area contributed by atoms with E-state index in [0.717, 1.165) is 5.69 Å². The van der Waals surface area contributed by atoms with Crippen molar-refractivity contribution < 1.29 is 19.4 Å². The van der Waals surface area contributed by atoms with Crippen LogP contribution in [0.15, 0.2) is 48.5 Å². The predicted molar refractivity (Wildman–Crippen MR) is 103 cm³/mol. The maximum absolute atomic E-state index is 12.1. The summed E-state index contributed by atoms with van der Waals surface area (Å²) in [5, 5.41) is 16.0. The van der Waals surface area contributed by atoms with Crippen LogP contribution in [0.5, 0.6) is 5.75 Å². The SMILES string of the molecule is CN(C)c1ccc(NC(=O)C(=O)NCC2(O)CCOc3ccccc32)cc1. The molecule has 7 heteroatoms. The zero-order valence-electron chi connectivity index (χ0n) is 15.4. The van der Waals surface area contributed by atoms with Gasteiger partial charge in [-0.05, 0) is 30.3 Å². The van der Waals surface area contributed by atoms with Gasteiger partial charge in [-0.25, -0.2) is 0 Å². The molecule has 3 N–H and O–H groups in total. The third kappa shape index (κ3) is 4.20. The van der Waals surface area contributed by atoms with Crippen molar-refractivity contribution >= 4 is 23.2 Å². The Morgan fingerprint density at radius 2 is 1.81 bits per heavy atom. The molecule has 3 rings (SSSR count). The second-order valence-corrected chi connectivity index (χ2v) is 6.70. The van der Waals surface area contributed by atoms with Crippen molar-refractivity contribution in [2.45, 2.75) is 12.0 Å². The molecule has 27 heavy (non-hydrogen) atoms. The Morgan fingerprint density at radius 1 is 1.11 bits per heavy atom. The highest BCUT2D eigenvalue weighted by atomic mass is 16.5. The molecule has 2 aromatic rings. The molecule has 1 aliphatic rings. The summed E-state index contributed by atoms with van der Waals surface area (Å²) < 4.78 is 5.52. The Kier molecular flexibility index (Phi) is 5.32. The van der Waals surface area contributed by atoms with Crippen LogP contribution in [0, 0.1) is 0 Å². The number of carbonyl (C=O) groups is 2. The first-order chi connectivity index (χ1) is 12.9. The maximum Gasteiger partial charge on any atom is 0.313 e. The molecule has 1 atom stereocenters. The van der Waals surface area contributed by atoms with Crippen molar-refractivity contribution in [3.8, 4) is 5.75 Å². The molecular formula is C20H23N3O4. The number of hydrogen-bond donors (Lipinski definition) is 3. The molecule has 0 fully saturated rings. The number of ether oxygens (including phenoxy) is 1. The number of anilines is 2. The lowest BCUT2D eigenvalue weighted by Crippen LogP contribution is -2.46. The Labute approximate surface area is 157 Å². The van der Waals surface area contributed by atoms with Crippen LogP contribution in [0.4, 0.5) is 11.4 Å². The first-order valence-electron chi connectivity index (χ1n) is 8.70. The van der Waals surface area contributed by atoms with E-state index in [1.54, 1.807) is 30.3 Å². The number of hydrogen-bond acceptors (Lipinski definition) is 5. The van der Waals surface area contributed by atoms with Crippen molar-refractivity contribution in [3.05, 3.63) is 54.1 Å². The van der Waals surface area contributed by atoms with Gasteiger partial charge in [-0.1, -0.05) is 18.2 Å². The topological polar surface area (TPSA) is 90.9 Å². The van der Waals surface area contributed by atoms with Gasteiger partial charge in [-0.3, -0.25) is 9.59 Å². The molecule has 0 saturated heterocycles. The van der Waals surface area contributed by atoms with Crippen molar-refractivity contribution in [2.24, 2.45) is 0 Å². The van der Waals surface area contributed by atoms with E-state index in [0.29, 0.717) is 30.0 Å². The molecular weight excluding hydrogens is 346 g/mol. The molecule has 1 heterocycles. The summed E-state index contributed by atoms with van der Waals surface area (Å²) in [4.78, 5) is 26.2. The monoisotopic (exact) mass is 369 g/mol. The standard InChI is InChI=1S/C20H23N3O4/c1-23(2)15-9-7-14(8-10-15)22-19(25)18(24)21-13-20(26)11-12-27-17-6-4-3-5-16(17)20/h3-10,26H,11-13H2,1-2H3,(H,21,24)(H,22,25). The molecule has 1 unspecified atom stereocenters. The van der Waals surface area contributed by atoms with Gasteiger partial charge < -0.3 is 25.4 Å². The average Bonchev–Trinajstić information content (AvgIpc) is 2.67. The second kappa shape index (κ2) is 7.67. The van der Waals surface area contributed by atoms with Gasteiger partial charge in [0.1, 0.15) is 11.4 Å².